The van der Waals surface area contributed by atoms with Crippen LogP contribution in [0.1, 0.15) is 13.8 Å². The van der Waals surface area contributed by atoms with Crippen LogP contribution in [0.5, 0.6) is 0 Å². The van der Waals surface area contributed by atoms with Gasteiger partial charge >= 0.3 is 0 Å². The molecule has 1 atom stereocenters. The molecule has 0 aliphatic carbocycles. The summed E-state index contributed by atoms with van der Waals surface area (Å²) in [7, 11) is 1.58. The number of halogens is 1. The fourth-order valence-corrected chi connectivity index (χ4v) is 2.06. The van der Waals surface area contributed by atoms with Crippen molar-refractivity contribution >= 4 is 33.4 Å². The van der Waals surface area contributed by atoms with Crippen LogP contribution >= 0.6 is 15.9 Å². The van der Waals surface area contributed by atoms with Gasteiger partial charge in [-0.25, -0.2) is 0 Å². The second kappa shape index (κ2) is 7.37. The smallest absolute Gasteiger partial charge is 0.264 e. The van der Waals surface area contributed by atoms with Crippen LogP contribution in [0.25, 0.3) is 0 Å². The highest BCUT2D eigenvalue weighted by atomic mass is 79.9. The van der Waals surface area contributed by atoms with Crippen LogP contribution < -0.4 is 21.9 Å². The summed E-state index contributed by atoms with van der Waals surface area (Å²) in [6.07, 6.45) is 1.49. The van der Waals surface area contributed by atoms with Crippen molar-refractivity contribution in [2.75, 3.05) is 11.9 Å². The Hall–Kier alpha value is -1.67. The van der Waals surface area contributed by atoms with Gasteiger partial charge in [-0.05, 0) is 27.9 Å². The van der Waals surface area contributed by atoms with Crippen molar-refractivity contribution in [2.45, 2.75) is 19.9 Å². The van der Waals surface area contributed by atoms with Gasteiger partial charge in [-0.15, -0.1) is 0 Å². The van der Waals surface area contributed by atoms with Crippen LogP contribution in [0, 0.1) is 5.92 Å². The zero-order chi connectivity index (χ0) is 16.2. The fourth-order valence-electron chi connectivity index (χ4n) is 1.53. The summed E-state index contributed by atoms with van der Waals surface area (Å²) in [5.41, 5.74) is 5.92. The lowest BCUT2D eigenvalue weighted by atomic mass is 10.1. The molecule has 2 amide bonds. The predicted octanol–water partition coefficient (Wildman–Crippen LogP) is 0.186. The molecule has 116 valence electrons. The van der Waals surface area contributed by atoms with E-state index in [1.807, 2.05) is 13.8 Å². The van der Waals surface area contributed by atoms with Gasteiger partial charge < -0.3 is 20.9 Å². The number of carbonyl (C=O) groups excluding carboxylic acids is 2. The van der Waals surface area contributed by atoms with Crippen LogP contribution in [0.15, 0.2) is 21.5 Å². The van der Waals surface area contributed by atoms with E-state index in [4.69, 9.17) is 5.73 Å². The van der Waals surface area contributed by atoms with E-state index in [0.29, 0.717) is 10.2 Å². The molecule has 0 aromatic carbocycles. The first-order valence-electron chi connectivity index (χ1n) is 6.41. The molecule has 21 heavy (non-hydrogen) atoms. The molecule has 1 aromatic heterocycles. The van der Waals surface area contributed by atoms with E-state index in [0.717, 1.165) is 0 Å². The maximum absolute atomic E-state index is 11.7. The molecule has 1 rings (SSSR count). The Morgan fingerprint density at radius 1 is 1.43 bits per heavy atom. The molecule has 8 heteroatoms. The monoisotopic (exact) mass is 358 g/mol. The van der Waals surface area contributed by atoms with Crippen LogP contribution in [0.3, 0.4) is 0 Å². The minimum atomic E-state index is -0.649. The van der Waals surface area contributed by atoms with Gasteiger partial charge in [-0.2, -0.15) is 0 Å². The van der Waals surface area contributed by atoms with Crippen LogP contribution in [0.2, 0.25) is 0 Å². The van der Waals surface area contributed by atoms with E-state index in [1.165, 1.54) is 16.8 Å². The molecule has 0 fully saturated rings. The van der Waals surface area contributed by atoms with E-state index < -0.39 is 11.9 Å². The van der Waals surface area contributed by atoms with Crippen molar-refractivity contribution in [1.29, 1.82) is 0 Å². The molecule has 4 N–H and O–H groups in total. The third-order valence-corrected chi connectivity index (χ3v) is 3.44. The van der Waals surface area contributed by atoms with E-state index >= 15 is 0 Å². The van der Waals surface area contributed by atoms with Crippen molar-refractivity contribution in [3.8, 4) is 0 Å². The molecule has 0 saturated heterocycles. The van der Waals surface area contributed by atoms with Crippen LogP contribution in [-0.4, -0.2) is 29.0 Å². The molecule has 0 unspecified atom stereocenters. The second-order valence-corrected chi connectivity index (χ2v) is 5.88. The molecule has 0 aliphatic heterocycles. The summed E-state index contributed by atoms with van der Waals surface area (Å²) < 4.78 is 1.68. The number of aromatic nitrogens is 1. The average Bonchev–Trinajstić information content (AvgIpc) is 2.41. The number of hydrogen-bond acceptors (Lipinski definition) is 4. The fraction of sp³-hybridized carbons (Fsp3) is 0.462. The summed E-state index contributed by atoms with van der Waals surface area (Å²) in [6.45, 7) is 3.47. The number of rotatable bonds is 5. The van der Waals surface area contributed by atoms with Crippen LogP contribution in [-0.2, 0) is 16.6 Å². The number of hydrogen-bond donors (Lipinski definition) is 3. The van der Waals surface area contributed by atoms with Gasteiger partial charge in [0, 0.05) is 13.2 Å². The summed E-state index contributed by atoms with van der Waals surface area (Å²) in [5.74, 6) is -0.778. The minimum Gasteiger partial charge on any atom is -0.346 e. The van der Waals surface area contributed by atoms with E-state index in [-0.39, 0.29) is 23.9 Å². The third-order valence-electron chi connectivity index (χ3n) is 2.87. The van der Waals surface area contributed by atoms with Crippen LogP contribution in [0.4, 0.5) is 5.69 Å². The molecule has 0 saturated carbocycles. The van der Waals surface area contributed by atoms with Crippen molar-refractivity contribution in [2.24, 2.45) is 18.7 Å². The Kier molecular flexibility index (Phi) is 6.10. The lowest BCUT2D eigenvalue weighted by Gasteiger charge is -2.15. The first-order valence-corrected chi connectivity index (χ1v) is 7.21. The highest BCUT2D eigenvalue weighted by Crippen LogP contribution is 2.11. The molecule has 0 aliphatic rings. The summed E-state index contributed by atoms with van der Waals surface area (Å²) >= 11 is 3.11. The van der Waals surface area contributed by atoms with Gasteiger partial charge in [0.1, 0.15) is 0 Å². The number of nitrogens with zero attached hydrogens (tertiary/aromatic N) is 1. The first kappa shape index (κ1) is 17.4. The molecular formula is C13H19BrN4O3. The zero-order valence-electron chi connectivity index (χ0n) is 12.1. The largest absolute Gasteiger partial charge is 0.346 e. The van der Waals surface area contributed by atoms with Gasteiger partial charge in [0.15, 0.2) is 0 Å². The first-order chi connectivity index (χ1) is 9.72. The average molecular weight is 359 g/mol. The lowest BCUT2D eigenvalue weighted by Crippen LogP contribution is -2.46. The van der Waals surface area contributed by atoms with Gasteiger partial charge in [0.05, 0.1) is 22.7 Å². The van der Waals surface area contributed by atoms with Crippen molar-refractivity contribution in [1.82, 2.24) is 9.88 Å². The zero-order valence-corrected chi connectivity index (χ0v) is 13.7. The maximum atomic E-state index is 11.7. The van der Waals surface area contributed by atoms with Gasteiger partial charge in [-0.1, -0.05) is 13.8 Å². The topological polar surface area (TPSA) is 106 Å². The van der Waals surface area contributed by atoms with Gasteiger partial charge in [-0.3, -0.25) is 14.4 Å². The highest BCUT2D eigenvalue weighted by molar-refractivity contribution is 9.10. The summed E-state index contributed by atoms with van der Waals surface area (Å²) in [6, 6.07) is 0.853. The minimum absolute atomic E-state index is 0.00679. The number of pyridine rings is 1. The SMILES string of the molecule is CC(C)[C@H](N)C(=O)NCC(=O)Nc1cc(Br)c(=O)n(C)c1. The van der Waals surface area contributed by atoms with Crippen molar-refractivity contribution in [3.63, 3.8) is 0 Å². The Balaban J connectivity index is 2.59. The second-order valence-electron chi connectivity index (χ2n) is 5.03. The normalized spacial score (nSPS) is 12.1. The highest BCUT2D eigenvalue weighted by Gasteiger charge is 2.17. The number of nitrogens with two attached hydrogens (primary N) is 1. The molecular weight excluding hydrogens is 340 g/mol. The number of carbonyl (C=O) groups is 2. The standard InChI is InChI=1S/C13H19BrN4O3/c1-7(2)11(15)12(20)16-5-10(19)17-8-4-9(14)13(21)18(3)6-8/h4,6-7,11H,5,15H2,1-3H3,(H,16,20)(H,17,19)/t11-/m0/s1. The number of amides is 2. The Morgan fingerprint density at radius 3 is 2.57 bits per heavy atom. The number of nitrogens with one attached hydrogen (secondary N) is 2. The van der Waals surface area contributed by atoms with Crippen molar-refractivity contribution in [3.05, 3.63) is 27.1 Å². The number of aryl methyl sites for hydroxylation is 1. The molecule has 1 aromatic rings. The van der Waals surface area contributed by atoms with E-state index in [2.05, 4.69) is 26.6 Å². The molecule has 0 radical (unpaired) electrons. The quantitative estimate of drug-likeness (QED) is 0.698. The molecule has 0 spiro atoms. The van der Waals surface area contributed by atoms with E-state index in [1.54, 1.807) is 7.05 Å². The lowest BCUT2D eigenvalue weighted by molar-refractivity contribution is -0.125. The van der Waals surface area contributed by atoms with E-state index in [9.17, 15) is 14.4 Å². The molecule has 7 nitrogen and oxygen atoms in total. The predicted molar refractivity (Wildman–Crippen MR) is 83.8 cm³/mol. The molecule has 1 heterocycles. The van der Waals surface area contributed by atoms with Crippen molar-refractivity contribution < 1.29 is 9.59 Å². The summed E-state index contributed by atoms with van der Waals surface area (Å²) in [4.78, 5) is 34.9. The maximum Gasteiger partial charge on any atom is 0.264 e. The summed E-state index contributed by atoms with van der Waals surface area (Å²) in [5, 5.41) is 5.06. The Bertz CT molecular complexity index is 571. The third kappa shape index (κ3) is 4.98. The van der Waals surface area contributed by atoms with Gasteiger partial charge in [0.25, 0.3) is 5.56 Å². The Morgan fingerprint density at radius 2 is 2.05 bits per heavy atom. The molecule has 0 bridgehead atoms. The van der Waals surface area contributed by atoms with Gasteiger partial charge in [0.2, 0.25) is 11.8 Å². The Labute approximate surface area is 131 Å². The number of anilines is 1.